The summed E-state index contributed by atoms with van der Waals surface area (Å²) < 4.78 is 25.2. The zero-order valence-electron chi connectivity index (χ0n) is 14.2. The summed E-state index contributed by atoms with van der Waals surface area (Å²) in [6, 6.07) is 8.72. The Kier molecular flexibility index (Phi) is 4.81. The highest BCUT2D eigenvalue weighted by Crippen LogP contribution is 2.35. The summed E-state index contributed by atoms with van der Waals surface area (Å²) in [6.45, 7) is 4.51. The van der Waals surface area contributed by atoms with Crippen LogP contribution in [0, 0.1) is 5.92 Å². The SMILES string of the molecule is C[C@]1(NC[C@H]2CCCN(S(C)(=O)=O)C2)CCCc2ccccc21. The average molecular weight is 337 g/mol. The largest absolute Gasteiger partial charge is 0.307 e. The minimum atomic E-state index is -3.06. The Morgan fingerprint density at radius 2 is 2.09 bits per heavy atom. The van der Waals surface area contributed by atoms with E-state index in [-0.39, 0.29) is 5.54 Å². The standard InChI is InChI=1S/C18H28N2O2S/c1-18(11-5-9-16-8-3-4-10-17(16)18)19-13-15-7-6-12-20(14-15)23(2,21)22/h3-4,8,10,15,19H,5-7,9,11-14H2,1-2H3/t15-,18+/m1/s1. The predicted molar refractivity (Wildman–Crippen MR) is 93.9 cm³/mol. The second kappa shape index (κ2) is 6.54. The van der Waals surface area contributed by atoms with E-state index in [0.29, 0.717) is 19.0 Å². The summed E-state index contributed by atoms with van der Waals surface area (Å²) in [6.07, 6.45) is 6.91. The summed E-state index contributed by atoms with van der Waals surface area (Å²) >= 11 is 0. The van der Waals surface area contributed by atoms with Crippen molar-refractivity contribution in [1.29, 1.82) is 0 Å². The maximum Gasteiger partial charge on any atom is 0.211 e. The summed E-state index contributed by atoms with van der Waals surface area (Å²) in [4.78, 5) is 0. The van der Waals surface area contributed by atoms with Crippen LogP contribution in [0.25, 0.3) is 0 Å². The molecule has 1 aromatic carbocycles. The molecule has 2 aliphatic rings. The van der Waals surface area contributed by atoms with E-state index >= 15 is 0 Å². The van der Waals surface area contributed by atoms with E-state index < -0.39 is 10.0 Å². The number of hydrogen-bond acceptors (Lipinski definition) is 3. The molecule has 1 aliphatic carbocycles. The molecule has 4 nitrogen and oxygen atoms in total. The molecule has 1 heterocycles. The molecule has 0 aromatic heterocycles. The van der Waals surface area contributed by atoms with E-state index in [9.17, 15) is 8.42 Å². The van der Waals surface area contributed by atoms with Crippen molar-refractivity contribution < 1.29 is 8.42 Å². The van der Waals surface area contributed by atoms with Gasteiger partial charge in [0.25, 0.3) is 0 Å². The number of nitrogens with one attached hydrogen (secondary N) is 1. The van der Waals surface area contributed by atoms with Crippen LogP contribution >= 0.6 is 0 Å². The van der Waals surface area contributed by atoms with Crippen LogP contribution in [0.15, 0.2) is 24.3 Å². The fourth-order valence-electron chi connectivity index (χ4n) is 4.09. The quantitative estimate of drug-likeness (QED) is 0.919. The van der Waals surface area contributed by atoms with E-state index in [1.54, 1.807) is 4.31 Å². The van der Waals surface area contributed by atoms with Gasteiger partial charge in [0, 0.05) is 25.2 Å². The minimum Gasteiger partial charge on any atom is -0.307 e. The molecule has 1 aliphatic heterocycles. The number of aryl methyl sites for hydroxylation is 1. The first-order valence-electron chi connectivity index (χ1n) is 8.67. The fraction of sp³-hybridized carbons (Fsp3) is 0.667. The van der Waals surface area contributed by atoms with Crippen LogP contribution in [-0.4, -0.2) is 38.6 Å². The molecular formula is C18H28N2O2S. The van der Waals surface area contributed by atoms with Gasteiger partial charge in [0.2, 0.25) is 10.0 Å². The monoisotopic (exact) mass is 336 g/mol. The molecule has 0 amide bonds. The van der Waals surface area contributed by atoms with Gasteiger partial charge < -0.3 is 5.32 Å². The smallest absolute Gasteiger partial charge is 0.211 e. The predicted octanol–water partition coefficient (Wildman–Crippen LogP) is 2.50. The molecule has 5 heteroatoms. The zero-order chi connectivity index (χ0) is 16.5. The molecule has 1 aromatic rings. The van der Waals surface area contributed by atoms with Gasteiger partial charge in [-0.3, -0.25) is 0 Å². The minimum absolute atomic E-state index is 0.0161. The zero-order valence-corrected chi connectivity index (χ0v) is 15.0. The van der Waals surface area contributed by atoms with Gasteiger partial charge in [-0.05, 0) is 56.1 Å². The van der Waals surface area contributed by atoms with Gasteiger partial charge in [-0.15, -0.1) is 0 Å². The van der Waals surface area contributed by atoms with Gasteiger partial charge in [0.05, 0.1) is 6.26 Å². The number of benzene rings is 1. The molecule has 128 valence electrons. The highest BCUT2D eigenvalue weighted by atomic mass is 32.2. The highest BCUT2D eigenvalue weighted by Gasteiger charge is 2.33. The van der Waals surface area contributed by atoms with E-state index in [0.717, 1.165) is 25.8 Å². The third kappa shape index (κ3) is 3.78. The van der Waals surface area contributed by atoms with Gasteiger partial charge in [-0.25, -0.2) is 12.7 Å². The van der Waals surface area contributed by atoms with Gasteiger partial charge in [-0.2, -0.15) is 0 Å². The van der Waals surface area contributed by atoms with Crippen molar-refractivity contribution >= 4 is 10.0 Å². The Hall–Kier alpha value is -0.910. The lowest BCUT2D eigenvalue weighted by molar-refractivity contribution is 0.226. The molecule has 1 saturated heterocycles. The van der Waals surface area contributed by atoms with Crippen LogP contribution in [-0.2, 0) is 22.0 Å². The summed E-state index contributed by atoms with van der Waals surface area (Å²) in [5.41, 5.74) is 2.89. The number of piperidine rings is 1. The molecule has 0 radical (unpaired) electrons. The summed E-state index contributed by atoms with van der Waals surface area (Å²) in [5.74, 6) is 0.407. The van der Waals surface area contributed by atoms with Crippen molar-refractivity contribution in [2.24, 2.45) is 5.92 Å². The van der Waals surface area contributed by atoms with Crippen LogP contribution in [0.2, 0.25) is 0 Å². The van der Waals surface area contributed by atoms with E-state index in [4.69, 9.17) is 0 Å². The van der Waals surface area contributed by atoms with Gasteiger partial charge >= 0.3 is 0 Å². The topological polar surface area (TPSA) is 49.4 Å². The number of rotatable bonds is 4. The second-order valence-corrected chi connectivity index (χ2v) is 9.34. The van der Waals surface area contributed by atoms with Gasteiger partial charge in [0.1, 0.15) is 0 Å². The van der Waals surface area contributed by atoms with Crippen LogP contribution in [0.5, 0.6) is 0 Å². The molecule has 2 atom stereocenters. The van der Waals surface area contributed by atoms with Crippen molar-refractivity contribution in [2.75, 3.05) is 25.9 Å². The number of nitrogens with zero attached hydrogens (tertiary/aromatic N) is 1. The van der Waals surface area contributed by atoms with E-state index in [2.05, 4.69) is 36.5 Å². The van der Waals surface area contributed by atoms with Crippen LogP contribution < -0.4 is 5.32 Å². The Balaban J connectivity index is 1.67. The maximum absolute atomic E-state index is 11.8. The van der Waals surface area contributed by atoms with Crippen molar-refractivity contribution in [3.8, 4) is 0 Å². The molecule has 3 rings (SSSR count). The molecule has 1 N–H and O–H groups in total. The normalized spacial score (nSPS) is 29.2. The van der Waals surface area contributed by atoms with Crippen LogP contribution in [0.3, 0.4) is 0 Å². The lowest BCUT2D eigenvalue weighted by Crippen LogP contribution is -2.48. The Bertz CT molecular complexity index is 659. The highest BCUT2D eigenvalue weighted by molar-refractivity contribution is 7.88. The third-order valence-electron chi connectivity index (χ3n) is 5.47. The van der Waals surface area contributed by atoms with Gasteiger partial charge in [0.15, 0.2) is 0 Å². The Labute approximate surface area is 140 Å². The first-order chi connectivity index (χ1) is 10.9. The number of fused-ring (bicyclic) bond motifs is 1. The third-order valence-corrected chi connectivity index (χ3v) is 6.74. The first-order valence-corrected chi connectivity index (χ1v) is 10.5. The van der Waals surface area contributed by atoms with E-state index in [1.807, 2.05) is 0 Å². The average Bonchev–Trinajstić information content (AvgIpc) is 2.53. The lowest BCUT2D eigenvalue weighted by atomic mass is 9.77. The molecule has 1 fully saturated rings. The van der Waals surface area contributed by atoms with Crippen molar-refractivity contribution in [1.82, 2.24) is 9.62 Å². The lowest BCUT2D eigenvalue weighted by Gasteiger charge is -2.39. The molecule has 0 bridgehead atoms. The van der Waals surface area contributed by atoms with Crippen molar-refractivity contribution in [3.63, 3.8) is 0 Å². The summed E-state index contributed by atoms with van der Waals surface area (Å²) in [5, 5.41) is 3.77. The molecular weight excluding hydrogens is 308 g/mol. The number of hydrogen-bond donors (Lipinski definition) is 1. The first kappa shape index (κ1) is 16.9. The molecule has 0 unspecified atom stereocenters. The Morgan fingerprint density at radius 3 is 2.87 bits per heavy atom. The fourth-order valence-corrected chi connectivity index (χ4v) is 5.03. The molecule has 0 spiro atoms. The van der Waals surface area contributed by atoms with Crippen LogP contribution in [0.1, 0.15) is 43.7 Å². The van der Waals surface area contributed by atoms with E-state index in [1.165, 1.54) is 30.2 Å². The van der Waals surface area contributed by atoms with Crippen LogP contribution in [0.4, 0.5) is 0 Å². The maximum atomic E-state index is 11.8. The summed E-state index contributed by atoms with van der Waals surface area (Å²) in [7, 11) is -3.06. The van der Waals surface area contributed by atoms with Crippen molar-refractivity contribution in [3.05, 3.63) is 35.4 Å². The molecule has 0 saturated carbocycles. The second-order valence-electron chi connectivity index (χ2n) is 7.35. The van der Waals surface area contributed by atoms with Gasteiger partial charge in [-0.1, -0.05) is 24.3 Å². The number of sulfonamides is 1. The molecule has 23 heavy (non-hydrogen) atoms. The van der Waals surface area contributed by atoms with Crippen molar-refractivity contribution in [2.45, 2.75) is 44.6 Å². The Morgan fingerprint density at radius 1 is 1.30 bits per heavy atom.